The van der Waals surface area contributed by atoms with Crippen LogP contribution >= 0.6 is 15.9 Å². The van der Waals surface area contributed by atoms with Gasteiger partial charge >= 0.3 is 0 Å². The molecule has 2 N–H and O–H groups in total. The number of halogens is 1. The Balaban J connectivity index is 2.31. The van der Waals surface area contributed by atoms with Crippen LogP contribution in [0.5, 0.6) is 17.2 Å². The van der Waals surface area contributed by atoms with Crippen molar-refractivity contribution in [3.63, 3.8) is 0 Å². The molecule has 1 fully saturated rings. The minimum Gasteiger partial charge on any atom is -0.493 e. The molecule has 0 spiro atoms. The zero-order valence-electron chi connectivity index (χ0n) is 13.0. The van der Waals surface area contributed by atoms with Gasteiger partial charge in [0.2, 0.25) is 5.75 Å². The number of piperidine rings is 1. The summed E-state index contributed by atoms with van der Waals surface area (Å²) in [6.07, 6.45) is 1.85. The first-order chi connectivity index (χ1) is 10.6. The van der Waals surface area contributed by atoms with Crippen molar-refractivity contribution in [2.75, 3.05) is 34.4 Å². The number of rotatable bonds is 5. The van der Waals surface area contributed by atoms with Gasteiger partial charge < -0.3 is 24.8 Å². The van der Waals surface area contributed by atoms with Gasteiger partial charge in [-0.3, -0.25) is 4.79 Å². The molecule has 1 aliphatic rings. The van der Waals surface area contributed by atoms with Crippen LogP contribution in [0.3, 0.4) is 0 Å². The predicted octanol–water partition coefficient (Wildman–Crippen LogP) is 1.96. The maximum Gasteiger partial charge on any atom is 0.252 e. The maximum atomic E-state index is 12.6. The molecule has 0 radical (unpaired) electrons. The van der Waals surface area contributed by atoms with E-state index in [-0.39, 0.29) is 11.9 Å². The van der Waals surface area contributed by atoms with Crippen LogP contribution in [0.15, 0.2) is 10.5 Å². The van der Waals surface area contributed by atoms with Crippen LogP contribution in [0, 0.1) is 0 Å². The molecule has 0 unspecified atom stereocenters. The lowest BCUT2D eigenvalue weighted by Crippen LogP contribution is -2.42. The van der Waals surface area contributed by atoms with Gasteiger partial charge in [0.1, 0.15) is 0 Å². The summed E-state index contributed by atoms with van der Waals surface area (Å²) < 4.78 is 16.5. The summed E-state index contributed by atoms with van der Waals surface area (Å²) >= 11 is 3.43. The molecule has 0 saturated carbocycles. The van der Waals surface area contributed by atoms with Crippen molar-refractivity contribution in [3.05, 3.63) is 16.1 Å². The first kappa shape index (κ1) is 16.9. The van der Waals surface area contributed by atoms with Gasteiger partial charge in [-0.25, -0.2) is 0 Å². The molecule has 0 aromatic heterocycles. The molecule has 1 heterocycles. The van der Waals surface area contributed by atoms with Gasteiger partial charge in [0.15, 0.2) is 11.5 Å². The largest absolute Gasteiger partial charge is 0.493 e. The van der Waals surface area contributed by atoms with E-state index in [1.54, 1.807) is 6.07 Å². The summed E-state index contributed by atoms with van der Waals surface area (Å²) in [5.74, 6) is 1.20. The van der Waals surface area contributed by atoms with Crippen molar-refractivity contribution < 1.29 is 19.0 Å². The molecule has 122 valence electrons. The highest BCUT2D eigenvalue weighted by Gasteiger charge is 2.24. The number of nitrogens with one attached hydrogen (secondary N) is 2. The van der Waals surface area contributed by atoms with E-state index >= 15 is 0 Å². The van der Waals surface area contributed by atoms with E-state index in [1.807, 2.05) is 0 Å². The summed E-state index contributed by atoms with van der Waals surface area (Å²) in [6.45, 7) is 1.84. The average Bonchev–Trinajstić information content (AvgIpc) is 2.54. The van der Waals surface area contributed by atoms with Crippen molar-refractivity contribution in [2.45, 2.75) is 18.9 Å². The summed E-state index contributed by atoms with van der Waals surface area (Å²) in [5.41, 5.74) is 0.466. The van der Waals surface area contributed by atoms with Crippen LogP contribution in [-0.2, 0) is 0 Å². The molecule has 1 aliphatic heterocycles. The molecule has 2 rings (SSSR count). The first-order valence-corrected chi connectivity index (χ1v) is 7.91. The average molecular weight is 373 g/mol. The number of ether oxygens (including phenoxy) is 3. The lowest BCUT2D eigenvalue weighted by Gasteiger charge is -2.24. The molecular formula is C15H21BrN2O4. The minimum absolute atomic E-state index is 0.155. The van der Waals surface area contributed by atoms with Gasteiger partial charge in [-0.15, -0.1) is 0 Å². The van der Waals surface area contributed by atoms with Crippen molar-refractivity contribution in [2.24, 2.45) is 0 Å². The van der Waals surface area contributed by atoms with Crippen LogP contribution in [-0.4, -0.2) is 46.4 Å². The fourth-order valence-corrected chi connectivity index (χ4v) is 3.15. The maximum absolute atomic E-state index is 12.6. The molecule has 0 atom stereocenters. The highest BCUT2D eigenvalue weighted by atomic mass is 79.9. The third-order valence-corrected chi connectivity index (χ3v) is 4.48. The Hall–Kier alpha value is -1.47. The Bertz CT molecular complexity index is 545. The van der Waals surface area contributed by atoms with E-state index in [1.165, 1.54) is 21.3 Å². The zero-order chi connectivity index (χ0) is 16.1. The third kappa shape index (κ3) is 3.47. The summed E-state index contributed by atoms with van der Waals surface area (Å²) in [5, 5.41) is 6.33. The smallest absolute Gasteiger partial charge is 0.252 e. The second kappa shape index (κ2) is 7.69. The van der Waals surface area contributed by atoms with Gasteiger partial charge in [-0.2, -0.15) is 0 Å². The topological polar surface area (TPSA) is 68.8 Å². The van der Waals surface area contributed by atoms with Crippen LogP contribution in [0.1, 0.15) is 23.2 Å². The van der Waals surface area contributed by atoms with E-state index in [9.17, 15) is 4.79 Å². The second-order valence-corrected chi connectivity index (χ2v) is 5.80. The van der Waals surface area contributed by atoms with E-state index in [2.05, 4.69) is 26.6 Å². The third-order valence-electron chi connectivity index (χ3n) is 3.69. The quantitative estimate of drug-likeness (QED) is 0.826. The van der Waals surface area contributed by atoms with Gasteiger partial charge in [-0.05, 0) is 47.9 Å². The van der Waals surface area contributed by atoms with Crippen molar-refractivity contribution >= 4 is 21.8 Å². The molecular weight excluding hydrogens is 352 g/mol. The van der Waals surface area contributed by atoms with Gasteiger partial charge in [0.25, 0.3) is 5.91 Å². The molecule has 1 amide bonds. The van der Waals surface area contributed by atoms with Gasteiger partial charge in [0, 0.05) is 6.04 Å². The van der Waals surface area contributed by atoms with E-state index in [4.69, 9.17) is 14.2 Å². The Labute approximate surface area is 138 Å². The number of hydrogen-bond donors (Lipinski definition) is 2. The van der Waals surface area contributed by atoms with Crippen molar-refractivity contribution in [1.82, 2.24) is 10.6 Å². The SMILES string of the molecule is COc1cc(C(=O)NC2CCNCC2)c(Br)c(OC)c1OC. The van der Waals surface area contributed by atoms with Crippen LogP contribution in [0.25, 0.3) is 0 Å². The lowest BCUT2D eigenvalue weighted by molar-refractivity contribution is 0.0928. The molecule has 1 saturated heterocycles. The second-order valence-electron chi connectivity index (χ2n) is 5.00. The Morgan fingerprint density at radius 3 is 2.36 bits per heavy atom. The molecule has 22 heavy (non-hydrogen) atoms. The number of methoxy groups -OCH3 is 3. The van der Waals surface area contributed by atoms with E-state index in [0.717, 1.165) is 25.9 Å². The van der Waals surface area contributed by atoms with Crippen LogP contribution < -0.4 is 24.8 Å². The molecule has 0 aliphatic carbocycles. The summed E-state index contributed by atoms with van der Waals surface area (Å²) in [7, 11) is 4.58. The standard InChI is InChI=1S/C15H21BrN2O4/c1-20-11-8-10(12(16)14(22-3)13(11)21-2)15(19)18-9-4-6-17-7-5-9/h8-9,17H,4-7H2,1-3H3,(H,18,19). The highest BCUT2D eigenvalue weighted by molar-refractivity contribution is 9.10. The van der Waals surface area contributed by atoms with Crippen molar-refractivity contribution in [1.29, 1.82) is 0 Å². The molecule has 1 aromatic rings. The van der Waals surface area contributed by atoms with Crippen LogP contribution in [0.2, 0.25) is 0 Å². The van der Waals surface area contributed by atoms with Crippen molar-refractivity contribution in [3.8, 4) is 17.2 Å². The fraction of sp³-hybridized carbons (Fsp3) is 0.533. The number of amides is 1. The number of carbonyl (C=O) groups excluding carboxylic acids is 1. The minimum atomic E-state index is -0.155. The van der Waals surface area contributed by atoms with Crippen LogP contribution in [0.4, 0.5) is 0 Å². The monoisotopic (exact) mass is 372 g/mol. The zero-order valence-corrected chi connectivity index (χ0v) is 14.6. The summed E-state index contributed by atoms with van der Waals surface area (Å²) in [4.78, 5) is 12.6. The first-order valence-electron chi connectivity index (χ1n) is 7.12. The Kier molecular flexibility index (Phi) is 5.90. The molecule has 0 bridgehead atoms. The Morgan fingerprint density at radius 2 is 1.82 bits per heavy atom. The van der Waals surface area contributed by atoms with Gasteiger partial charge in [-0.1, -0.05) is 0 Å². The molecule has 6 nitrogen and oxygen atoms in total. The van der Waals surface area contributed by atoms with E-state index in [0.29, 0.717) is 27.3 Å². The van der Waals surface area contributed by atoms with E-state index < -0.39 is 0 Å². The normalized spacial score (nSPS) is 15.3. The molecule has 7 heteroatoms. The highest BCUT2D eigenvalue weighted by Crippen LogP contribution is 2.44. The lowest BCUT2D eigenvalue weighted by atomic mass is 10.1. The molecule has 1 aromatic carbocycles. The fourth-order valence-electron chi connectivity index (χ4n) is 2.52. The summed E-state index contributed by atoms with van der Waals surface area (Å²) in [6, 6.07) is 1.83. The Morgan fingerprint density at radius 1 is 1.18 bits per heavy atom. The van der Waals surface area contributed by atoms with Gasteiger partial charge in [0.05, 0.1) is 31.4 Å². The number of benzene rings is 1. The number of hydrogen-bond acceptors (Lipinski definition) is 5. The predicted molar refractivity (Wildman–Crippen MR) is 87.2 cm³/mol. The number of carbonyl (C=O) groups is 1.